The highest BCUT2D eigenvalue weighted by molar-refractivity contribution is 5.81. The number of amides is 1. The van der Waals surface area contributed by atoms with Gasteiger partial charge in [-0.15, -0.1) is 0 Å². The Morgan fingerprint density at radius 2 is 2.30 bits per heavy atom. The molecule has 4 rings (SSSR count). The lowest BCUT2D eigenvalue weighted by Crippen LogP contribution is -2.56. The van der Waals surface area contributed by atoms with Crippen LogP contribution in [0.2, 0.25) is 0 Å². The molecule has 1 aromatic rings. The predicted octanol–water partition coefficient (Wildman–Crippen LogP) is 1.76. The van der Waals surface area contributed by atoms with E-state index >= 15 is 0 Å². The van der Waals surface area contributed by atoms with E-state index < -0.39 is 5.72 Å². The van der Waals surface area contributed by atoms with Gasteiger partial charge in [-0.1, -0.05) is 6.07 Å². The number of carbonyl (C=O) groups excluding carboxylic acids is 1. The highest BCUT2D eigenvalue weighted by atomic mass is 19.1. The fraction of sp³-hybridized carbons (Fsp3) is 0.588. The Hall–Kier alpha value is -1.66. The number of carbonyl (C=O) groups is 1. The van der Waals surface area contributed by atoms with Crippen molar-refractivity contribution in [2.24, 2.45) is 0 Å². The Kier molecular flexibility index (Phi) is 3.54. The van der Waals surface area contributed by atoms with Crippen molar-refractivity contribution in [3.8, 4) is 5.75 Å². The fourth-order valence-corrected chi connectivity index (χ4v) is 4.27. The molecular weight excluding hydrogens is 299 g/mol. The van der Waals surface area contributed by atoms with Crippen LogP contribution in [0.15, 0.2) is 18.2 Å². The minimum Gasteiger partial charge on any atom is -0.494 e. The second-order valence-corrected chi connectivity index (χ2v) is 6.50. The number of hydrogen-bond donors (Lipinski definition) is 0. The largest absolute Gasteiger partial charge is 0.494 e. The average Bonchev–Trinajstić information content (AvgIpc) is 3.01. The van der Waals surface area contributed by atoms with Gasteiger partial charge in [-0.25, -0.2) is 4.39 Å². The lowest BCUT2D eigenvalue weighted by molar-refractivity contribution is -0.180. The Labute approximate surface area is 135 Å². The summed E-state index contributed by atoms with van der Waals surface area (Å²) in [5, 5.41) is 0. The molecule has 2 atom stereocenters. The molecule has 0 radical (unpaired) electrons. The molecule has 5 nitrogen and oxygen atoms in total. The van der Waals surface area contributed by atoms with Crippen molar-refractivity contribution in [2.45, 2.75) is 37.6 Å². The van der Waals surface area contributed by atoms with Gasteiger partial charge in [0.25, 0.3) is 0 Å². The number of halogens is 1. The lowest BCUT2D eigenvalue weighted by atomic mass is 10.0. The van der Waals surface area contributed by atoms with Crippen LogP contribution in [0.5, 0.6) is 5.75 Å². The first-order chi connectivity index (χ1) is 11.1. The summed E-state index contributed by atoms with van der Waals surface area (Å²) in [6, 6.07) is 5.11. The van der Waals surface area contributed by atoms with E-state index in [1.54, 1.807) is 6.07 Å². The minimum atomic E-state index is -0.444. The fourth-order valence-electron chi connectivity index (χ4n) is 4.27. The molecule has 0 unspecified atom stereocenters. The maximum atomic E-state index is 13.9. The first-order valence-corrected chi connectivity index (χ1v) is 8.15. The van der Waals surface area contributed by atoms with Gasteiger partial charge in [0.2, 0.25) is 5.91 Å². The van der Waals surface area contributed by atoms with E-state index in [1.165, 1.54) is 13.2 Å². The highest BCUT2D eigenvalue weighted by Crippen LogP contribution is 2.45. The van der Waals surface area contributed by atoms with Gasteiger partial charge in [0.15, 0.2) is 17.3 Å². The first kappa shape index (κ1) is 14.9. The third-order valence-electron chi connectivity index (χ3n) is 5.32. The summed E-state index contributed by atoms with van der Waals surface area (Å²) in [6.45, 7) is 2.99. The van der Waals surface area contributed by atoms with E-state index in [-0.39, 0.29) is 23.5 Å². The standard InChI is InChI=1S/C17H21FN2O3/c1-22-14-4-3-12(9-13(14)18)11-19-7-5-17-15(19)10-16(21)20(17)6-2-8-23-17/h3-4,9,15H,2,5-8,10-11H2,1H3/t15-,17+/m1/s1. The van der Waals surface area contributed by atoms with Crippen LogP contribution in [0.1, 0.15) is 24.8 Å². The van der Waals surface area contributed by atoms with E-state index in [4.69, 9.17) is 9.47 Å². The molecule has 3 aliphatic rings. The minimum absolute atomic E-state index is 0.0699. The van der Waals surface area contributed by atoms with Crippen molar-refractivity contribution in [1.29, 1.82) is 0 Å². The van der Waals surface area contributed by atoms with E-state index in [2.05, 4.69) is 4.90 Å². The summed E-state index contributed by atoms with van der Waals surface area (Å²) in [7, 11) is 1.46. The van der Waals surface area contributed by atoms with Gasteiger partial charge in [-0.3, -0.25) is 9.69 Å². The molecule has 3 heterocycles. The van der Waals surface area contributed by atoms with Crippen molar-refractivity contribution in [1.82, 2.24) is 9.80 Å². The lowest BCUT2D eigenvalue weighted by Gasteiger charge is -2.42. The summed E-state index contributed by atoms with van der Waals surface area (Å²) in [5.74, 6) is 0.0849. The van der Waals surface area contributed by atoms with Crippen molar-refractivity contribution in [3.05, 3.63) is 29.6 Å². The molecule has 3 aliphatic heterocycles. The molecule has 1 amide bonds. The third kappa shape index (κ3) is 2.23. The Balaban J connectivity index is 1.55. The summed E-state index contributed by atoms with van der Waals surface area (Å²) in [4.78, 5) is 16.5. The maximum Gasteiger partial charge on any atom is 0.226 e. The average molecular weight is 320 g/mol. The molecule has 0 N–H and O–H groups in total. The number of ether oxygens (including phenoxy) is 2. The normalized spacial score (nSPS) is 30.4. The van der Waals surface area contributed by atoms with E-state index in [9.17, 15) is 9.18 Å². The van der Waals surface area contributed by atoms with Gasteiger partial charge >= 0.3 is 0 Å². The highest BCUT2D eigenvalue weighted by Gasteiger charge is 2.60. The molecule has 3 fully saturated rings. The van der Waals surface area contributed by atoms with Gasteiger partial charge in [0.05, 0.1) is 19.8 Å². The van der Waals surface area contributed by atoms with Gasteiger partial charge in [-0.2, -0.15) is 0 Å². The molecule has 124 valence electrons. The second-order valence-electron chi connectivity index (χ2n) is 6.50. The number of methoxy groups -OCH3 is 1. The molecule has 23 heavy (non-hydrogen) atoms. The maximum absolute atomic E-state index is 13.9. The molecular formula is C17H21FN2O3. The van der Waals surface area contributed by atoms with E-state index in [0.29, 0.717) is 19.6 Å². The molecule has 0 bridgehead atoms. The van der Waals surface area contributed by atoms with Crippen LogP contribution in [0.4, 0.5) is 4.39 Å². The molecule has 1 aromatic carbocycles. The monoisotopic (exact) mass is 320 g/mol. The van der Waals surface area contributed by atoms with E-state index in [0.717, 1.165) is 31.5 Å². The predicted molar refractivity (Wildman–Crippen MR) is 81.4 cm³/mol. The van der Waals surface area contributed by atoms with Crippen LogP contribution < -0.4 is 4.74 Å². The molecule has 3 saturated heterocycles. The Bertz CT molecular complexity index is 638. The first-order valence-electron chi connectivity index (χ1n) is 8.15. The summed E-state index contributed by atoms with van der Waals surface area (Å²) in [5.41, 5.74) is 0.447. The molecule has 0 saturated carbocycles. The summed E-state index contributed by atoms with van der Waals surface area (Å²) in [6.07, 6.45) is 2.24. The zero-order chi connectivity index (χ0) is 16.0. The second kappa shape index (κ2) is 5.46. The van der Waals surface area contributed by atoms with Crippen LogP contribution in [0.3, 0.4) is 0 Å². The van der Waals surface area contributed by atoms with Crippen molar-refractivity contribution >= 4 is 5.91 Å². The number of rotatable bonds is 3. The number of benzene rings is 1. The van der Waals surface area contributed by atoms with Gasteiger partial charge in [0, 0.05) is 32.5 Å². The zero-order valence-corrected chi connectivity index (χ0v) is 13.3. The van der Waals surface area contributed by atoms with Crippen LogP contribution in [-0.4, -0.2) is 54.3 Å². The van der Waals surface area contributed by atoms with Gasteiger partial charge in [-0.05, 0) is 24.1 Å². The summed E-state index contributed by atoms with van der Waals surface area (Å²) >= 11 is 0. The quantitative estimate of drug-likeness (QED) is 0.851. The molecule has 0 aromatic heterocycles. The SMILES string of the molecule is COc1ccc(CN2CC[C@@]34OCCCN3C(=O)C[C@@H]24)cc1F. The number of nitrogens with zero attached hydrogens (tertiary/aromatic N) is 2. The summed E-state index contributed by atoms with van der Waals surface area (Å²) < 4.78 is 24.9. The van der Waals surface area contributed by atoms with Crippen LogP contribution in [0.25, 0.3) is 0 Å². The molecule has 6 heteroatoms. The smallest absolute Gasteiger partial charge is 0.226 e. The van der Waals surface area contributed by atoms with Crippen LogP contribution in [0, 0.1) is 5.82 Å². The van der Waals surface area contributed by atoms with E-state index in [1.807, 2.05) is 11.0 Å². The number of likely N-dealkylation sites (tertiary alicyclic amines) is 1. The molecule has 0 aliphatic carbocycles. The topological polar surface area (TPSA) is 42.0 Å². The third-order valence-corrected chi connectivity index (χ3v) is 5.32. The zero-order valence-electron chi connectivity index (χ0n) is 13.3. The van der Waals surface area contributed by atoms with Crippen LogP contribution in [-0.2, 0) is 16.1 Å². The van der Waals surface area contributed by atoms with Crippen molar-refractivity contribution in [2.75, 3.05) is 26.8 Å². The molecule has 1 spiro atoms. The Morgan fingerprint density at radius 1 is 1.43 bits per heavy atom. The van der Waals surface area contributed by atoms with Crippen molar-refractivity contribution < 1.29 is 18.7 Å². The van der Waals surface area contributed by atoms with Gasteiger partial charge in [0.1, 0.15) is 0 Å². The van der Waals surface area contributed by atoms with Crippen LogP contribution >= 0.6 is 0 Å². The Morgan fingerprint density at radius 3 is 3.09 bits per heavy atom. The van der Waals surface area contributed by atoms with Gasteiger partial charge < -0.3 is 14.4 Å². The number of hydrogen-bond acceptors (Lipinski definition) is 4. The van der Waals surface area contributed by atoms with Crippen molar-refractivity contribution in [3.63, 3.8) is 0 Å².